The molecule has 1 fully saturated rings. The molecule has 0 atom stereocenters. The van der Waals surface area contributed by atoms with Gasteiger partial charge in [0.25, 0.3) is 0 Å². The molecule has 1 aliphatic heterocycles. The van der Waals surface area contributed by atoms with Crippen molar-refractivity contribution >= 4 is 15.9 Å². The number of halogens is 1. The van der Waals surface area contributed by atoms with Crippen LogP contribution in [0.3, 0.4) is 0 Å². The third kappa shape index (κ3) is 2.52. The van der Waals surface area contributed by atoms with E-state index < -0.39 is 0 Å². The lowest BCUT2D eigenvalue weighted by atomic mass is 10.1. The van der Waals surface area contributed by atoms with Crippen LogP contribution in [0.1, 0.15) is 25.8 Å². The highest BCUT2D eigenvalue weighted by Gasteiger charge is 2.17. The average Bonchev–Trinajstić information content (AvgIpc) is 2.63. The van der Waals surface area contributed by atoms with Crippen LogP contribution in [0.15, 0.2) is 10.7 Å². The van der Waals surface area contributed by atoms with E-state index in [0.29, 0.717) is 18.5 Å². The quantitative estimate of drug-likeness (QED) is 0.916. The fourth-order valence-corrected chi connectivity index (χ4v) is 2.25. The van der Waals surface area contributed by atoms with Gasteiger partial charge in [0, 0.05) is 6.20 Å². The van der Waals surface area contributed by atoms with Crippen LogP contribution in [-0.4, -0.2) is 29.5 Å². The maximum absolute atomic E-state index is 5.41. The second-order valence-electron chi connectivity index (χ2n) is 3.68. The minimum absolute atomic E-state index is 0.511. The Labute approximate surface area is 98.1 Å². The number of piperidine rings is 1. The highest BCUT2D eigenvalue weighted by molar-refractivity contribution is 9.10. The third-order valence-corrected chi connectivity index (χ3v) is 3.16. The van der Waals surface area contributed by atoms with Crippen molar-refractivity contribution in [3.8, 4) is 5.88 Å². The number of ether oxygens (including phenoxy) is 1. The number of nitrogens with one attached hydrogen (secondary N) is 1. The van der Waals surface area contributed by atoms with Crippen LogP contribution < -0.4 is 10.1 Å². The number of aromatic nitrogens is 2. The molecule has 4 nitrogen and oxygen atoms in total. The van der Waals surface area contributed by atoms with E-state index in [0.717, 1.165) is 30.4 Å². The first-order valence-electron chi connectivity index (χ1n) is 5.39. The van der Waals surface area contributed by atoms with Crippen molar-refractivity contribution in [1.82, 2.24) is 15.1 Å². The Balaban J connectivity index is 2.10. The third-order valence-electron chi connectivity index (χ3n) is 2.62. The zero-order chi connectivity index (χ0) is 10.7. The molecule has 1 aromatic heterocycles. The van der Waals surface area contributed by atoms with Gasteiger partial charge in [0.2, 0.25) is 5.88 Å². The van der Waals surface area contributed by atoms with E-state index in [-0.39, 0.29) is 0 Å². The lowest BCUT2D eigenvalue weighted by Crippen LogP contribution is -2.29. The monoisotopic (exact) mass is 273 g/mol. The van der Waals surface area contributed by atoms with Crippen molar-refractivity contribution in [1.29, 1.82) is 0 Å². The predicted molar refractivity (Wildman–Crippen MR) is 62.2 cm³/mol. The molecule has 1 saturated heterocycles. The Hall–Kier alpha value is -0.550. The number of nitrogens with zero attached hydrogens (tertiary/aromatic N) is 2. The lowest BCUT2D eigenvalue weighted by molar-refractivity contribution is 0.301. The van der Waals surface area contributed by atoms with Crippen molar-refractivity contribution in [2.75, 3.05) is 19.7 Å². The first kappa shape index (κ1) is 11.0. The molecule has 1 aromatic rings. The molecule has 0 unspecified atom stereocenters. The molecule has 84 valence electrons. The summed E-state index contributed by atoms with van der Waals surface area (Å²) in [5.41, 5.74) is 0. The summed E-state index contributed by atoms with van der Waals surface area (Å²) in [5.74, 6) is 0.705. The highest BCUT2D eigenvalue weighted by Crippen LogP contribution is 2.27. The summed E-state index contributed by atoms with van der Waals surface area (Å²) in [6, 6.07) is 0.511. The van der Waals surface area contributed by atoms with Crippen LogP contribution in [0.2, 0.25) is 0 Å². The molecule has 0 bridgehead atoms. The second kappa shape index (κ2) is 4.99. The zero-order valence-electron chi connectivity index (χ0n) is 8.87. The summed E-state index contributed by atoms with van der Waals surface area (Å²) in [4.78, 5) is 0. The molecule has 15 heavy (non-hydrogen) atoms. The van der Waals surface area contributed by atoms with Crippen molar-refractivity contribution < 1.29 is 4.74 Å². The lowest BCUT2D eigenvalue weighted by Gasteiger charge is -2.22. The van der Waals surface area contributed by atoms with E-state index in [1.165, 1.54) is 0 Å². The fourth-order valence-electron chi connectivity index (χ4n) is 1.85. The van der Waals surface area contributed by atoms with Gasteiger partial charge in [-0.1, -0.05) is 0 Å². The largest absolute Gasteiger partial charge is 0.476 e. The van der Waals surface area contributed by atoms with Gasteiger partial charge in [-0.2, -0.15) is 0 Å². The molecule has 0 spiro atoms. The molecule has 1 N–H and O–H groups in total. The molecule has 5 heteroatoms. The van der Waals surface area contributed by atoms with Crippen LogP contribution in [-0.2, 0) is 0 Å². The molecule has 0 saturated carbocycles. The molecule has 0 aliphatic carbocycles. The standard InChI is InChI=1S/C10H16BrN3O/c1-2-15-10-9(11)7-14(13-10)8-3-5-12-6-4-8/h7-8,12H,2-6H2,1H3. The van der Waals surface area contributed by atoms with Crippen LogP contribution >= 0.6 is 15.9 Å². The average molecular weight is 274 g/mol. The Kier molecular flexibility index (Phi) is 3.64. The first-order chi connectivity index (χ1) is 7.31. The van der Waals surface area contributed by atoms with E-state index in [2.05, 4.69) is 26.3 Å². The Morgan fingerprint density at radius 2 is 2.33 bits per heavy atom. The van der Waals surface area contributed by atoms with E-state index in [9.17, 15) is 0 Å². The van der Waals surface area contributed by atoms with E-state index in [4.69, 9.17) is 4.74 Å². The summed E-state index contributed by atoms with van der Waals surface area (Å²) < 4.78 is 8.38. The Bertz CT molecular complexity index is 320. The van der Waals surface area contributed by atoms with Crippen LogP contribution in [0, 0.1) is 0 Å². The molecule has 2 rings (SSSR count). The fraction of sp³-hybridized carbons (Fsp3) is 0.700. The van der Waals surface area contributed by atoms with Gasteiger partial charge in [-0.05, 0) is 48.8 Å². The molecular weight excluding hydrogens is 258 g/mol. The number of hydrogen-bond acceptors (Lipinski definition) is 3. The summed E-state index contributed by atoms with van der Waals surface area (Å²) in [6.45, 7) is 4.77. The van der Waals surface area contributed by atoms with Crippen LogP contribution in [0.25, 0.3) is 0 Å². The summed E-state index contributed by atoms with van der Waals surface area (Å²) in [7, 11) is 0. The first-order valence-corrected chi connectivity index (χ1v) is 6.18. The summed E-state index contributed by atoms with van der Waals surface area (Å²) >= 11 is 3.46. The number of hydrogen-bond donors (Lipinski definition) is 1. The van der Waals surface area contributed by atoms with Gasteiger partial charge in [0.05, 0.1) is 17.1 Å². The van der Waals surface area contributed by atoms with Crippen molar-refractivity contribution in [3.63, 3.8) is 0 Å². The normalized spacial score (nSPS) is 18.0. The topological polar surface area (TPSA) is 39.1 Å². The van der Waals surface area contributed by atoms with Gasteiger partial charge in [-0.15, -0.1) is 5.10 Å². The molecule has 0 amide bonds. The van der Waals surface area contributed by atoms with Gasteiger partial charge in [-0.3, -0.25) is 4.68 Å². The molecule has 2 heterocycles. The van der Waals surface area contributed by atoms with Crippen molar-refractivity contribution in [2.24, 2.45) is 0 Å². The second-order valence-corrected chi connectivity index (χ2v) is 4.53. The minimum atomic E-state index is 0.511. The van der Waals surface area contributed by atoms with Crippen molar-refractivity contribution in [2.45, 2.75) is 25.8 Å². The Morgan fingerprint density at radius 3 is 3.00 bits per heavy atom. The molecular formula is C10H16BrN3O. The van der Waals surface area contributed by atoms with E-state index >= 15 is 0 Å². The summed E-state index contributed by atoms with van der Waals surface area (Å²) in [5, 5.41) is 7.79. The van der Waals surface area contributed by atoms with Gasteiger partial charge in [0.15, 0.2) is 0 Å². The Morgan fingerprint density at radius 1 is 1.60 bits per heavy atom. The van der Waals surface area contributed by atoms with Gasteiger partial charge >= 0.3 is 0 Å². The van der Waals surface area contributed by atoms with Crippen LogP contribution in [0.5, 0.6) is 5.88 Å². The maximum Gasteiger partial charge on any atom is 0.247 e. The minimum Gasteiger partial charge on any atom is -0.476 e. The van der Waals surface area contributed by atoms with Crippen molar-refractivity contribution in [3.05, 3.63) is 10.7 Å². The smallest absolute Gasteiger partial charge is 0.247 e. The molecule has 1 aliphatic rings. The van der Waals surface area contributed by atoms with Crippen LogP contribution in [0.4, 0.5) is 0 Å². The SMILES string of the molecule is CCOc1nn(C2CCNCC2)cc1Br. The van der Waals surface area contributed by atoms with E-state index in [1.807, 2.05) is 17.8 Å². The molecule has 0 radical (unpaired) electrons. The molecule has 0 aromatic carbocycles. The highest BCUT2D eigenvalue weighted by atomic mass is 79.9. The van der Waals surface area contributed by atoms with Gasteiger partial charge < -0.3 is 10.1 Å². The van der Waals surface area contributed by atoms with Gasteiger partial charge in [0.1, 0.15) is 0 Å². The number of rotatable bonds is 3. The predicted octanol–water partition coefficient (Wildman–Crippen LogP) is 1.97. The van der Waals surface area contributed by atoms with E-state index in [1.54, 1.807) is 0 Å². The van der Waals surface area contributed by atoms with Gasteiger partial charge in [-0.25, -0.2) is 0 Å². The zero-order valence-corrected chi connectivity index (χ0v) is 10.5. The summed E-state index contributed by atoms with van der Waals surface area (Å²) in [6.07, 6.45) is 4.29. The maximum atomic E-state index is 5.41.